The van der Waals surface area contributed by atoms with E-state index in [1.165, 1.54) is 23.5 Å². The molecule has 1 aliphatic heterocycles. The Morgan fingerprint density at radius 2 is 1.77 bits per heavy atom. The van der Waals surface area contributed by atoms with E-state index in [9.17, 15) is 13.2 Å². The molecule has 168 valence electrons. The van der Waals surface area contributed by atoms with E-state index in [0.717, 1.165) is 30.6 Å². The number of carbonyl (C=O) groups is 1. The van der Waals surface area contributed by atoms with Crippen LogP contribution in [0.4, 0.5) is 0 Å². The number of amides is 1. The van der Waals surface area contributed by atoms with Crippen molar-refractivity contribution >= 4 is 39.3 Å². The average Bonchev–Trinajstić information content (AvgIpc) is 3.07. The largest absolute Gasteiger partial charge is 0.496 e. The van der Waals surface area contributed by atoms with E-state index in [1.807, 2.05) is 24.3 Å². The summed E-state index contributed by atoms with van der Waals surface area (Å²) in [6, 6.07) is 12.0. The Kier molecular flexibility index (Phi) is 8.66. The van der Waals surface area contributed by atoms with Crippen molar-refractivity contribution in [1.82, 2.24) is 9.62 Å². The van der Waals surface area contributed by atoms with Gasteiger partial charge in [0.05, 0.1) is 17.6 Å². The fraction of sp³-hybridized carbons (Fsp3) is 0.409. The normalized spacial score (nSPS) is 15.3. The molecule has 0 saturated carbocycles. The van der Waals surface area contributed by atoms with Gasteiger partial charge in [0.15, 0.2) is 0 Å². The topological polar surface area (TPSA) is 75.7 Å². The summed E-state index contributed by atoms with van der Waals surface area (Å²) in [4.78, 5) is 13.9. The highest BCUT2D eigenvalue weighted by atomic mass is 35.5. The van der Waals surface area contributed by atoms with Crippen LogP contribution in [0.15, 0.2) is 52.3 Å². The van der Waals surface area contributed by atoms with Crippen molar-refractivity contribution in [2.75, 3.05) is 32.5 Å². The van der Waals surface area contributed by atoms with Gasteiger partial charge in [0.2, 0.25) is 10.0 Å². The van der Waals surface area contributed by atoms with E-state index in [-0.39, 0.29) is 16.4 Å². The molecule has 0 aromatic heterocycles. The molecule has 0 aliphatic carbocycles. The number of nitrogens with one attached hydrogen (secondary N) is 1. The Balaban J connectivity index is 1.67. The predicted octanol–water partition coefficient (Wildman–Crippen LogP) is 4.44. The fourth-order valence-electron chi connectivity index (χ4n) is 3.42. The molecular weight excluding hydrogens is 456 g/mol. The highest BCUT2D eigenvalue weighted by Crippen LogP contribution is 2.26. The van der Waals surface area contributed by atoms with Crippen LogP contribution in [-0.4, -0.2) is 51.1 Å². The molecule has 6 nitrogen and oxygen atoms in total. The van der Waals surface area contributed by atoms with Crippen LogP contribution in [0, 0.1) is 0 Å². The number of hydrogen-bond donors (Lipinski definition) is 1. The van der Waals surface area contributed by atoms with Crippen molar-refractivity contribution in [3.8, 4) is 5.75 Å². The summed E-state index contributed by atoms with van der Waals surface area (Å²) in [6.07, 6.45) is 3.79. The van der Waals surface area contributed by atoms with Gasteiger partial charge in [0, 0.05) is 35.3 Å². The minimum Gasteiger partial charge on any atom is -0.496 e. The second-order valence-electron chi connectivity index (χ2n) is 7.24. The van der Waals surface area contributed by atoms with Gasteiger partial charge in [-0.2, -0.15) is 4.31 Å². The first-order valence-electron chi connectivity index (χ1n) is 10.3. The van der Waals surface area contributed by atoms with Gasteiger partial charge in [-0.15, -0.1) is 11.8 Å². The lowest BCUT2D eigenvalue weighted by molar-refractivity contribution is 0.0953. The molecule has 2 aromatic rings. The number of benzene rings is 2. The van der Waals surface area contributed by atoms with Gasteiger partial charge < -0.3 is 10.1 Å². The van der Waals surface area contributed by atoms with Crippen LogP contribution in [0.1, 0.15) is 36.0 Å². The quantitative estimate of drug-likeness (QED) is 0.444. The molecule has 1 N–H and O–H groups in total. The number of thioether (sulfide) groups is 1. The lowest BCUT2D eigenvalue weighted by Gasteiger charge is -2.20. The summed E-state index contributed by atoms with van der Waals surface area (Å²) in [5.74, 6) is 0.653. The van der Waals surface area contributed by atoms with Gasteiger partial charge in [-0.1, -0.05) is 24.4 Å². The van der Waals surface area contributed by atoms with Crippen molar-refractivity contribution in [2.24, 2.45) is 0 Å². The highest BCUT2D eigenvalue weighted by molar-refractivity contribution is 7.99. The van der Waals surface area contributed by atoms with Crippen molar-refractivity contribution in [1.29, 1.82) is 0 Å². The summed E-state index contributed by atoms with van der Waals surface area (Å²) < 4.78 is 33.0. The summed E-state index contributed by atoms with van der Waals surface area (Å²) >= 11 is 7.49. The van der Waals surface area contributed by atoms with E-state index in [2.05, 4.69) is 5.32 Å². The number of halogens is 1. The van der Waals surface area contributed by atoms with Crippen molar-refractivity contribution in [2.45, 2.75) is 35.5 Å². The van der Waals surface area contributed by atoms with Gasteiger partial charge in [-0.25, -0.2) is 8.42 Å². The molecule has 2 aromatic carbocycles. The van der Waals surface area contributed by atoms with E-state index in [0.29, 0.717) is 36.2 Å². The molecule has 0 atom stereocenters. The zero-order chi connectivity index (χ0) is 22.3. The Hall–Kier alpha value is -1.74. The standard InChI is InChI=1S/C22H27ClN2O4S2/c1-29-21-11-10-19(31(27,28)25-13-4-2-3-5-14-25)16-20(21)22(26)24-12-15-30-18-8-6-17(23)7-9-18/h6-11,16H,2-5,12-15H2,1H3,(H,24,26). The highest BCUT2D eigenvalue weighted by Gasteiger charge is 2.27. The molecule has 0 radical (unpaired) electrons. The maximum absolute atomic E-state index is 13.1. The summed E-state index contributed by atoms with van der Waals surface area (Å²) in [5.41, 5.74) is 0.217. The SMILES string of the molecule is COc1ccc(S(=O)(=O)N2CCCCCC2)cc1C(=O)NCCSc1ccc(Cl)cc1. The van der Waals surface area contributed by atoms with Gasteiger partial charge in [0.25, 0.3) is 5.91 Å². The average molecular weight is 483 g/mol. The predicted molar refractivity (Wildman–Crippen MR) is 125 cm³/mol. The molecule has 0 spiro atoms. The summed E-state index contributed by atoms with van der Waals surface area (Å²) in [7, 11) is -2.18. The van der Waals surface area contributed by atoms with E-state index >= 15 is 0 Å². The number of hydrogen-bond acceptors (Lipinski definition) is 5. The number of methoxy groups -OCH3 is 1. The van der Waals surface area contributed by atoms with Crippen molar-refractivity contribution in [3.05, 3.63) is 53.1 Å². The molecule has 31 heavy (non-hydrogen) atoms. The zero-order valence-electron chi connectivity index (χ0n) is 17.5. The van der Waals surface area contributed by atoms with Crippen LogP contribution in [0.5, 0.6) is 5.75 Å². The maximum Gasteiger partial charge on any atom is 0.255 e. The van der Waals surface area contributed by atoms with Crippen molar-refractivity contribution < 1.29 is 17.9 Å². The molecule has 0 unspecified atom stereocenters. The third-order valence-electron chi connectivity index (χ3n) is 5.09. The number of ether oxygens (including phenoxy) is 1. The number of nitrogens with zero attached hydrogens (tertiary/aromatic N) is 1. The summed E-state index contributed by atoms with van der Waals surface area (Å²) in [6.45, 7) is 1.45. The van der Waals surface area contributed by atoms with Crippen molar-refractivity contribution in [3.63, 3.8) is 0 Å². The number of carbonyl (C=O) groups excluding carboxylic acids is 1. The third kappa shape index (κ3) is 6.38. The van der Waals surface area contributed by atoms with Gasteiger partial charge in [0.1, 0.15) is 5.75 Å². The van der Waals surface area contributed by atoms with Gasteiger partial charge >= 0.3 is 0 Å². The van der Waals surface area contributed by atoms with Gasteiger partial charge in [-0.3, -0.25) is 4.79 Å². The first-order valence-corrected chi connectivity index (χ1v) is 13.1. The molecule has 1 saturated heterocycles. The van der Waals surface area contributed by atoms with Crippen LogP contribution in [0.25, 0.3) is 0 Å². The minimum absolute atomic E-state index is 0.121. The molecule has 1 amide bonds. The monoisotopic (exact) mass is 482 g/mol. The Labute approximate surface area is 193 Å². The molecule has 3 rings (SSSR count). The van der Waals surface area contributed by atoms with Gasteiger partial charge in [-0.05, 0) is 55.3 Å². The van der Waals surface area contributed by atoms with E-state index < -0.39 is 10.0 Å². The Bertz CT molecular complexity index is 989. The minimum atomic E-state index is -3.65. The smallest absolute Gasteiger partial charge is 0.255 e. The first-order chi connectivity index (χ1) is 14.9. The van der Waals surface area contributed by atoms with E-state index in [4.69, 9.17) is 16.3 Å². The lowest BCUT2D eigenvalue weighted by Crippen LogP contribution is -2.32. The maximum atomic E-state index is 13.1. The van der Waals surface area contributed by atoms with Crippen LogP contribution < -0.4 is 10.1 Å². The third-order valence-corrected chi connectivity index (χ3v) is 8.25. The lowest BCUT2D eigenvalue weighted by atomic mass is 10.2. The Morgan fingerprint density at radius 1 is 1.10 bits per heavy atom. The molecule has 9 heteroatoms. The van der Waals surface area contributed by atoms with E-state index in [1.54, 1.807) is 17.8 Å². The molecular formula is C22H27ClN2O4S2. The molecule has 1 fully saturated rings. The molecule has 1 heterocycles. The number of sulfonamides is 1. The second kappa shape index (κ2) is 11.2. The van der Waals surface area contributed by atoms with Crippen LogP contribution in [-0.2, 0) is 10.0 Å². The zero-order valence-corrected chi connectivity index (χ0v) is 19.9. The van der Waals surface area contributed by atoms with Crippen LogP contribution in [0.2, 0.25) is 5.02 Å². The fourth-order valence-corrected chi connectivity index (χ4v) is 5.85. The first kappa shape index (κ1) is 23.9. The molecule has 0 bridgehead atoms. The molecule has 1 aliphatic rings. The van der Waals surface area contributed by atoms with Crippen LogP contribution >= 0.6 is 23.4 Å². The second-order valence-corrected chi connectivity index (χ2v) is 10.8. The number of rotatable bonds is 8. The Morgan fingerprint density at radius 3 is 2.42 bits per heavy atom. The van der Waals surface area contributed by atoms with Crippen LogP contribution in [0.3, 0.4) is 0 Å². The summed E-state index contributed by atoms with van der Waals surface area (Å²) in [5, 5.41) is 3.53.